The van der Waals surface area contributed by atoms with Gasteiger partial charge in [0.05, 0.1) is 18.1 Å². The van der Waals surface area contributed by atoms with Crippen LogP contribution in [0.15, 0.2) is 36.7 Å². The number of nitrogens with one attached hydrogen (secondary N) is 2. The number of amides is 2. The van der Waals surface area contributed by atoms with E-state index in [-0.39, 0.29) is 12.0 Å². The molecule has 0 spiro atoms. The molecule has 1 saturated carbocycles. The molecule has 3 atom stereocenters. The van der Waals surface area contributed by atoms with Gasteiger partial charge >= 0.3 is 6.09 Å². The zero-order valence-electron chi connectivity index (χ0n) is 19.1. The van der Waals surface area contributed by atoms with Crippen LogP contribution in [0.2, 0.25) is 0 Å². The highest BCUT2D eigenvalue weighted by Crippen LogP contribution is 2.39. The summed E-state index contributed by atoms with van der Waals surface area (Å²) in [6.45, 7) is 8.70. The van der Waals surface area contributed by atoms with Crippen LogP contribution < -0.4 is 10.6 Å². The highest BCUT2D eigenvalue weighted by Gasteiger charge is 2.43. The smallest absolute Gasteiger partial charge is 0.410 e. The molecule has 2 aliphatic rings. The number of nitrogens with zero attached hydrogens (tertiary/aromatic N) is 3. The van der Waals surface area contributed by atoms with Crippen molar-refractivity contribution in [2.75, 3.05) is 23.7 Å². The lowest BCUT2D eigenvalue weighted by atomic mass is 10.0. The van der Waals surface area contributed by atoms with Gasteiger partial charge in [0.25, 0.3) is 0 Å². The van der Waals surface area contributed by atoms with E-state index in [4.69, 9.17) is 4.74 Å². The Bertz CT molecular complexity index is 955. The first-order chi connectivity index (χ1) is 15.2. The highest BCUT2D eigenvalue weighted by molar-refractivity contribution is 5.88. The number of ether oxygens (including phenoxy) is 1. The first-order valence-corrected chi connectivity index (χ1v) is 11.1. The van der Waals surface area contributed by atoms with Gasteiger partial charge in [0.2, 0.25) is 5.91 Å². The van der Waals surface area contributed by atoms with Crippen LogP contribution in [0.3, 0.4) is 0 Å². The minimum absolute atomic E-state index is 0.0958. The lowest BCUT2D eigenvalue weighted by Gasteiger charge is -2.25. The molecule has 1 aliphatic heterocycles. The SMILES string of the molecule is CC(=O)Nc1ccc(-c2cnc(NC3C[C@@H]4CN(C(=O)OC(C)(C)C)C[C@@H]4C3)cn2)cc1. The number of anilines is 2. The zero-order valence-corrected chi connectivity index (χ0v) is 19.1. The van der Waals surface area contributed by atoms with Crippen LogP contribution in [0.5, 0.6) is 0 Å². The van der Waals surface area contributed by atoms with Crippen LogP contribution in [0.25, 0.3) is 11.3 Å². The molecule has 2 N–H and O–H groups in total. The predicted molar refractivity (Wildman–Crippen MR) is 123 cm³/mol. The van der Waals surface area contributed by atoms with Crippen LogP contribution in [-0.4, -0.2) is 51.6 Å². The van der Waals surface area contributed by atoms with Gasteiger partial charge in [-0.1, -0.05) is 12.1 Å². The van der Waals surface area contributed by atoms with E-state index in [0.29, 0.717) is 17.9 Å². The van der Waals surface area contributed by atoms with Crippen molar-refractivity contribution in [1.29, 1.82) is 0 Å². The number of fused-ring (bicyclic) bond motifs is 1. The molecule has 1 aliphatic carbocycles. The van der Waals surface area contributed by atoms with E-state index in [9.17, 15) is 9.59 Å². The predicted octanol–water partition coefficient (Wildman–Crippen LogP) is 4.16. The maximum absolute atomic E-state index is 12.3. The van der Waals surface area contributed by atoms with E-state index >= 15 is 0 Å². The molecule has 1 unspecified atom stereocenters. The Morgan fingerprint density at radius 1 is 1.03 bits per heavy atom. The summed E-state index contributed by atoms with van der Waals surface area (Å²) in [5.41, 5.74) is 2.01. The third-order valence-corrected chi connectivity index (χ3v) is 5.91. The molecule has 1 aromatic heterocycles. The molecular weight excluding hydrogens is 406 g/mol. The van der Waals surface area contributed by atoms with Crippen LogP contribution in [0, 0.1) is 11.8 Å². The van der Waals surface area contributed by atoms with E-state index in [0.717, 1.165) is 48.7 Å². The quantitative estimate of drug-likeness (QED) is 0.746. The van der Waals surface area contributed by atoms with Gasteiger partial charge in [-0.15, -0.1) is 0 Å². The maximum Gasteiger partial charge on any atom is 0.410 e. The monoisotopic (exact) mass is 437 g/mol. The summed E-state index contributed by atoms with van der Waals surface area (Å²) in [7, 11) is 0. The fraction of sp³-hybridized carbons (Fsp3) is 0.500. The number of carbonyl (C=O) groups excluding carboxylic acids is 2. The average Bonchev–Trinajstić information content (AvgIpc) is 3.26. The molecule has 1 saturated heterocycles. The van der Waals surface area contributed by atoms with Crippen molar-refractivity contribution in [3.8, 4) is 11.3 Å². The van der Waals surface area contributed by atoms with Crippen molar-refractivity contribution in [2.45, 2.75) is 52.2 Å². The number of rotatable bonds is 4. The van der Waals surface area contributed by atoms with Gasteiger partial charge in [-0.25, -0.2) is 9.78 Å². The van der Waals surface area contributed by atoms with Crippen molar-refractivity contribution < 1.29 is 14.3 Å². The summed E-state index contributed by atoms with van der Waals surface area (Å²) >= 11 is 0. The number of aromatic nitrogens is 2. The topological polar surface area (TPSA) is 96.5 Å². The van der Waals surface area contributed by atoms with Gasteiger partial charge < -0.3 is 20.3 Å². The van der Waals surface area contributed by atoms with Crippen molar-refractivity contribution in [3.05, 3.63) is 36.7 Å². The second kappa shape index (κ2) is 8.76. The molecule has 2 fully saturated rings. The molecular formula is C24H31N5O3. The second-order valence-corrected chi connectivity index (χ2v) is 9.76. The number of benzene rings is 1. The Kier molecular flexibility index (Phi) is 6.04. The number of hydrogen-bond acceptors (Lipinski definition) is 6. The molecule has 2 aromatic rings. The van der Waals surface area contributed by atoms with Crippen LogP contribution in [0.1, 0.15) is 40.5 Å². The zero-order chi connectivity index (χ0) is 22.9. The van der Waals surface area contributed by atoms with Crippen LogP contribution in [0.4, 0.5) is 16.3 Å². The Morgan fingerprint density at radius 3 is 2.22 bits per heavy atom. The van der Waals surface area contributed by atoms with Crippen molar-refractivity contribution in [3.63, 3.8) is 0 Å². The Hall–Kier alpha value is -3.16. The van der Waals surface area contributed by atoms with Gasteiger partial charge in [-0.2, -0.15) is 0 Å². The van der Waals surface area contributed by atoms with Crippen LogP contribution in [-0.2, 0) is 9.53 Å². The highest BCUT2D eigenvalue weighted by atomic mass is 16.6. The normalized spacial score (nSPS) is 22.4. The molecule has 0 bridgehead atoms. The summed E-state index contributed by atoms with van der Waals surface area (Å²) in [4.78, 5) is 34.4. The summed E-state index contributed by atoms with van der Waals surface area (Å²) in [5, 5.41) is 6.26. The first-order valence-electron chi connectivity index (χ1n) is 11.1. The first kappa shape index (κ1) is 22.0. The third kappa shape index (κ3) is 5.36. The fourth-order valence-electron chi connectivity index (χ4n) is 4.58. The molecule has 2 amide bonds. The fourth-order valence-corrected chi connectivity index (χ4v) is 4.58. The molecule has 8 nitrogen and oxygen atoms in total. The lowest BCUT2D eigenvalue weighted by Crippen LogP contribution is -2.36. The molecule has 1 aromatic carbocycles. The standard InChI is InChI=1S/C24H31N5O3/c1-15(30)27-19-7-5-16(6-8-19)21-11-26-22(12-25-21)28-20-9-17-13-29(14-18(17)10-20)23(31)32-24(2,3)4/h5-8,11-12,17-18,20H,9-10,13-14H2,1-4H3,(H,26,28)(H,27,30)/t17-,18+,20?. The molecule has 0 radical (unpaired) electrons. The van der Waals surface area contributed by atoms with E-state index < -0.39 is 5.60 Å². The average molecular weight is 438 g/mol. The van der Waals surface area contributed by atoms with E-state index in [1.165, 1.54) is 6.92 Å². The Labute approximate surface area is 188 Å². The largest absolute Gasteiger partial charge is 0.444 e. The minimum atomic E-state index is -0.461. The molecule has 8 heteroatoms. The second-order valence-electron chi connectivity index (χ2n) is 9.76. The molecule has 170 valence electrons. The summed E-state index contributed by atoms with van der Waals surface area (Å²) < 4.78 is 5.52. The lowest BCUT2D eigenvalue weighted by molar-refractivity contribution is -0.114. The number of carbonyl (C=O) groups is 2. The van der Waals surface area contributed by atoms with E-state index in [1.807, 2.05) is 49.9 Å². The molecule has 4 rings (SSSR count). The van der Waals surface area contributed by atoms with Gasteiger partial charge in [0.15, 0.2) is 0 Å². The van der Waals surface area contributed by atoms with Crippen LogP contribution >= 0.6 is 0 Å². The van der Waals surface area contributed by atoms with Gasteiger partial charge in [0.1, 0.15) is 11.4 Å². The molecule has 32 heavy (non-hydrogen) atoms. The van der Waals surface area contributed by atoms with E-state index in [1.54, 1.807) is 12.4 Å². The summed E-state index contributed by atoms with van der Waals surface area (Å²) in [6.07, 6.45) is 5.34. The number of likely N-dealkylation sites (tertiary alicyclic amines) is 1. The van der Waals surface area contributed by atoms with Gasteiger partial charge in [0, 0.05) is 37.3 Å². The van der Waals surface area contributed by atoms with Crippen molar-refractivity contribution in [2.24, 2.45) is 11.8 Å². The minimum Gasteiger partial charge on any atom is -0.444 e. The summed E-state index contributed by atoms with van der Waals surface area (Å²) in [6, 6.07) is 7.86. The third-order valence-electron chi connectivity index (χ3n) is 5.91. The number of hydrogen-bond donors (Lipinski definition) is 2. The van der Waals surface area contributed by atoms with Gasteiger partial charge in [-0.05, 0) is 57.6 Å². The Balaban J connectivity index is 1.29. The summed E-state index contributed by atoms with van der Waals surface area (Å²) in [5.74, 6) is 1.66. The van der Waals surface area contributed by atoms with Gasteiger partial charge in [-0.3, -0.25) is 9.78 Å². The molecule has 2 heterocycles. The van der Waals surface area contributed by atoms with Crippen molar-refractivity contribution in [1.82, 2.24) is 14.9 Å². The Morgan fingerprint density at radius 2 is 1.69 bits per heavy atom. The van der Waals surface area contributed by atoms with E-state index in [2.05, 4.69) is 20.6 Å². The van der Waals surface area contributed by atoms with Crippen molar-refractivity contribution >= 4 is 23.5 Å². The maximum atomic E-state index is 12.3.